The van der Waals surface area contributed by atoms with Gasteiger partial charge in [-0.25, -0.2) is 0 Å². The Morgan fingerprint density at radius 3 is 0.828 bits per heavy atom. The second kappa shape index (κ2) is 35.3. The van der Waals surface area contributed by atoms with Crippen molar-refractivity contribution in [3.8, 4) is 92.0 Å². The number of hydrogen-bond acceptors (Lipinski definition) is 18. The molecule has 0 aliphatic rings. The van der Waals surface area contributed by atoms with Crippen molar-refractivity contribution < 1.29 is 78.1 Å². The second-order valence-electron chi connectivity index (χ2n) is 22.0. The molecule has 492 valence electrons. The summed E-state index contributed by atoms with van der Waals surface area (Å²) in [5.74, 6) is 4.04. The van der Waals surface area contributed by atoms with Crippen LogP contribution in [-0.4, -0.2) is 104 Å². The molecular weight excluding hydrogens is 1280 g/mol. The van der Waals surface area contributed by atoms with Crippen molar-refractivity contribution >= 4 is 83.6 Å². The van der Waals surface area contributed by atoms with Gasteiger partial charge < -0.3 is 78.1 Å². The van der Waals surface area contributed by atoms with Crippen molar-refractivity contribution in [3.05, 3.63) is 290 Å². The van der Waals surface area contributed by atoms with Gasteiger partial charge in [0, 0.05) is 61.1 Å². The van der Waals surface area contributed by atoms with Gasteiger partial charge in [-0.3, -0.25) is 9.97 Å². The zero-order valence-corrected chi connectivity index (χ0v) is 55.3. The Morgan fingerprint density at radius 2 is 0.576 bits per heavy atom. The molecular formula is C80H64CaN2O16. The Bertz CT molecular complexity index is 4350. The number of benzene rings is 10. The molecule has 0 spiro atoms. The minimum atomic E-state index is -1.40. The van der Waals surface area contributed by atoms with Crippen molar-refractivity contribution in [2.45, 2.75) is 50.1 Å². The molecule has 0 bridgehead atoms. The minimum absolute atomic E-state index is 0. The summed E-state index contributed by atoms with van der Waals surface area (Å²) in [4.78, 5) is 31.4. The smallest absolute Gasteiger partial charge is 0.550 e. The quantitative estimate of drug-likeness (QED) is 0.0332. The zero-order valence-electron chi connectivity index (χ0n) is 53.1. The Balaban J connectivity index is 0.000000212. The maximum absolute atomic E-state index is 10.9. The molecule has 0 saturated heterocycles. The number of carboxylic acids is 2. The van der Waals surface area contributed by atoms with Crippen molar-refractivity contribution in [1.29, 1.82) is 0 Å². The van der Waals surface area contributed by atoms with Gasteiger partial charge in [-0.05, 0) is 109 Å². The number of fused-ring (bicyclic) bond motifs is 2. The fourth-order valence-electron chi connectivity index (χ4n) is 10.1. The van der Waals surface area contributed by atoms with Crippen LogP contribution in [0.4, 0.5) is 0 Å². The number of nitrogens with zero attached hydrogens (tertiary/aromatic N) is 2. The average Bonchev–Trinajstić information content (AvgIpc) is 0.761. The number of carbonyl (C=O) groups is 2. The number of aliphatic carboxylic acids is 2. The normalized spacial score (nSPS) is 12.2. The van der Waals surface area contributed by atoms with Crippen LogP contribution in [0, 0.1) is 0 Å². The first kappa shape index (κ1) is 70.7. The molecule has 10 aromatic carbocycles. The molecule has 12 rings (SSSR count). The van der Waals surface area contributed by atoms with Gasteiger partial charge >= 0.3 is 37.7 Å². The summed E-state index contributed by atoms with van der Waals surface area (Å²) in [5.41, 5.74) is 1.78. The summed E-state index contributed by atoms with van der Waals surface area (Å²) < 4.78 is 51.9. The van der Waals surface area contributed by atoms with Crippen LogP contribution < -0.4 is 48.1 Å². The molecule has 12 aromatic rings. The third-order valence-electron chi connectivity index (χ3n) is 14.6. The van der Waals surface area contributed by atoms with E-state index in [2.05, 4.69) is 0 Å². The molecule has 0 saturated carbocycles. The molecule has 0 unspecified atom stereocenters. The number of rotatable bonds is 28. The SMILES string of the molecule is O=C([O-])C[C@H](O)C[C@H](O)/C=C/c1cnc2c(Oc3ccccc3)c(Oc3ccccc3)c(Oc3ccccc3)cc2c1Oc1ccccc1.O=C([O-])C[C@H](O)C[C@H](O)/C=C/c1cnc2c(Oc3ccccc3)c(Oc3ccccc3)c(Oc3ccccc3)cc2c1Oc1ccccc1.[Ca+2]. The number of aromatic nitrogens is 2. The van der Waals surface area contributed by atoms with Gasteiger partial charge in [-0.15, -0.1) is 0 Å². The van der Waals surface area contributed by atoms with E-state index < -0.39 is 49.2 Å². The topological polar surface area (TPSA) is 261 Å². The summed E-state index contributed by atoms with van der Waals surface area (Å²) in [6, 6.07) is 77.4. The standard InChI is InChI=1S/2C40H33NO8.Ca/c2*42-28(23-29(43)24-36(44)45)22-21-27-26-41-37-34(38(27)47-31-15-7-2-8-16-31)25-35(46-30-13-5-1-6-14-30)39(48-32-17-9-3-10-18-32)40(37)49-33-19-11-4-12-20-33;/h2*1-22,25-26,28-29,42-43H,23-24H2,(H,44,45);/q;;+2/p-2/b2*22-21+;/t2*28-,29-;/m11./s1. The minimum Gasteiger partial charge on any atom is -0.550 e. The van der Waals surface area contributed by atoms with Crippen molar-refractivity contribution in [2.24, 2.45) is 0 Å². The van der Waals surface area contributed by atoms with Gasteiger partial charge in [0.05, 0.1) is 35.2 Å². The first-order valence-corrected chi connectivity index (χ1v) is 31.2. The average molecular weight is 1350 g/mol. The summed E-state index contributed by atoms with van der Waals surface area (Å²) in [6.45, 7) is 0. The van der Waals surface area contributed by atoms with E-state index in [9.17, 15) is 40.2 Å². The first-order chi connectivity index (χ1) is 47.8. The molecule has 0 aliphatic carbocycles. The van der Waals surface area contributed by atoms with Gasteiger partial charge in [-0.2, -0.15) is 0 Å². The predicted molar refractivity (Wildman–Crippen MR) is 372 cm³/mol. The van der Waals surface area contributed by atoms with Crippen LogP contribution in [0.5, 0.6) is 92.0 Å². The number of ether oxygens (including phenoxy) is 8. The van der Waals surface area contributed by atoms with E-state index in [0.717, 1.165) is 0 Å². The number of aliphatic hydroxyl groups excluding tert-OH is 4. The Hall–Kier alpha value is -11.1. The van der Waals surface area contributed by atoms with Crippen LogP contribution in [0.1, 0.15) is 36.8 Å². The number of carboxylic acid groups (broad SMARTS) is 2. The molecule has 4 atom stereocenters. The molecule has 2 aromatic heterocycles. The van der Waals surface area contributed by atoms with Gasteiger partial charge in [0.1, 0.15) is 68.5 Å². The van der Waals surface area contributed by atoms with E-state index >= 15 is 0 Å². The number of hydrogen-bond donors (Lipinski definition) is 4. The number of carbonyl (C=O) groups excluding carboxylic acids is 2. The van der Waals surface area contributed by atoms with E-state index in [1.54, 1.807) is 60.9 Å². The van der Waals surface area contributed by atoms with E-state index in [4.69, 9.17) is 47.9 Å². The molecule has 0 fully saturated rings. The van der Waals surface area contributed by atoms with Crippen LogP contribution in [0.2, 0.25) is 0 Å². The summed E-state index contributed by atoms with van der Waals surface area (Å²) in [6.07, 6.45) is 2.76. The molecule has 0 amide bonds. The largest absolute Gasteiger partial charge is 2.00 e. The van der Waals surface area contributed by atoms with Gasteiger partial charge in [0.2, 0.25) is 11.5 Å². The summed E-state index contributed by atoms with van der Waals surface area (Å²) in [7, 11) is 0. The van der Waals surface area contributed by atoms with Crippen molar-refractivity contribution in [3.63, 3.8) is 0 Å². The Morgan fingerprint density at radius 1 is 0.343 bits per heavy atom. The van der Waals surface area contributed by atoms with E-state index in [0.29, 0.717) is 102 Å². The van der Waals surface area contributed by atoms with E-state index in [1.165, 1.54) is 12.2 Å². The monoisotopic (exact) mass is 1350 g/mol. The summed E-state index contributed by atoms with van der Waals surface area (Å²) in [5, 5.41) is 64.1. The number of para-hydroxylation sites is 8. The number of pyridine rings is 2. The molecule has 18 nitrogen and oxygen atoms in total. The maximum Gasteiger partial charge on any atom is 2.00 e. The molecule has 2 heterocycles. The second-order valence-corrected chi connectivity index (χ2v) is 22.0. The van der Waals surface area contributed by atoms with Gasteiger partial charge in [0.15, 0.2) is 23.0 Å². The molecule has 0 aliphatic heterocycles. The number of aliphatic hydroxyl groups is 4. The van der Waals surface area contributed by atoms with E-state index in [1.807, 2.05) is 218 Å². The summed E-state index contributed by atoms with van der Waals surface area (Å²) >= 11 is 0. The molecule has 0 radical (unpaired) electrons. The molecule has 4 N–H and O–H groups in total. The van der Waals surface area contributed by atoms with E-state index in [-0.39, 0.29) is 73.6 Å². The first-order valence-electron chi connectivity index (χ1n) is 31.2. The van der Waals surface area contributed by atoms with Crippen molar-refractivity contribution in [2.75, 3.05) is 0 Å². The van der Waals surface area contributed by atoms with Crippen LogP contribution >= 0.6 is 0 Å². The van der Waals surface area contributed by atoms with Crippen LogP contribution in [0.25, 0.3) is 34.0 Å². The molecule has 19 heteroatoms. The predicted octanol–water partition coefficient (Wildman–Crippen LogP) is 15.0. The van der Waals surface area contributed by atoms with Crippen molar-refractivity contribution in [1.82, 2.24) is 9.97 Å². The maximum atomic E-state index is 10.9. The Kier molecular flexibility index (Phi) is 25.2. The fraction of sp³-hybridized carbons (Fsp3) is 0.100. The van der Waals surface area contributed by atoms with Gasteiger partial charge in [-0.1, -0.05) is 170 Å². The zero-order chi connectivity index (χ0) is 68.0. The van der Waals surface area contributed by atoms with Crippen LogP contribution in [-0.2, 0) is 9.59 Å². The van der Waals surface area contributed by atoms with Crippen LogP contribution in [0.3, 0.4) is 0 Å². The molecule has 99 heavy (non-hydrogen) atoms. The fourth-order valence-corrected chi connectivity index (χ4v) is 10.1. The third kappa shape index (κ3) is 20.0. The van der Waals surface area contributed by atoms with Crippen LogP contribution in [0.15, 0.2) is 279 Å². The van der Waals surface area contributed by atoms with Gasteiger partial charge in [0.25, 0.3) is 0 Å². The third-order valence-corrected chi connectivity index (χ3v) is 14.6. The Labute approximate surface area is 600 Å².